The van der Waals surface area contributed by atoms with E-state index in [1.165, 1.54) is 56.2 Å². The van der Waals surface area contributed by atoms with Gasteiger partial charge in [0.25, 0.3) is 0 Å². The van der Waals surface area contributed by atoms with Gasteiger partial charge in [-0.1, -0.05) is 65.2 Å². The normalized spacial score (nSPS) is 13.4. The molecular weight excluding hydrogens is 415 g/mol. The van der Waals surface area contributed by atoms with E-state index in [4.69, 9.17) is 26.6 Å². The van der Waals surface area contributed by atoms with Crippen LogP contribution >= 0.6 is 0 Å². The smallest absolute Gasteiger partial charge is 0 e. The van der Waals surface area contributed by atoms with E-state index in [2.05, 4.69) is 40.4 Å². The van der Waals surface area contributed by atoms with Gasteiger partial charge < -0.3 is 4.81 Å². The Labute approximate surface area is 183 Å². The van der Waals surface area contributed by atoms with E-state index < -0.39 is 0 Å². The molecule has 2 fully saturated rings. The SMILES string of the molecule is CC1CCCC1.CC1CCCC1.[B]N(C)C.[C-]#[O+].[C-]#[O+].[C-]#[O+].[C-]#[O+].[Mn].[Mn]. The van der Waals surface area contributed by atoms with Crippen LogP contribution in [-0.4, -0.2) is 26.9 Å². The minimum absolute atomic E-state index is 0. The zero-order valence-electron chi connectivity index (χ0n) is 16.2. The zero-order chi connectivity index (χ0) is 20.4. The van der Waals surface area contributed by atoms with Crippen molar-refractivity contribution in [2.24, 2.45) is 11.8 Å². The molecule has 0 N–H and O–H groups in total. The number of rotatable bonds is 0. The molecule has 0 atom stereocenters. The average molecular weight is 445 g/mol. The van der Waals surface area contributed by atoms with Crippen LogP contribution in [0, 0.1) is 38.4 Å². The molecule has 2 rings (SSSR count). The number of hydrogen-bond acceptors (Lipinski definition) is 1. The molecule has 2 aliphatic rings. The number of nitrogens with zero attached hydrogens (tertiary/aromatic N) is 1. The van der Waals surface area contributed by atoms with Gasteiger partial charge in [0, 0.05) is 34.1 Å². The van der Waals surface area contributed by atoms with Gasteiger partial charge in [-0.3, -0.25) is 0 Å². The second-order valence-corrected chi connectivity index (χ2v) is 5.74. The first-order valence-electron chi connectivity index (χ1n) is 7.76. The summed E-state index contributed by atoms with van der Waals surface area (Å²) in [7, 11) is 8.50. The van der Waals surface area contributed by atoms with E-state index in [0.29, 0.717) is 0 Å². The molecule has 0 aromatic carbocycles. The Kier molecular flexibility index (Phi) is 86.3. The first kappa shape index (κ1) is 45.0. The standard InChI is InChI=1S/2C6H12.C2H6BN.4CO.2Mn/c2*1-6-4-2-3-5-6;1-4(2)3;4*1-2;;/h2*6H,2-5H2,1H3;1-2H3;;;;;;. The third-order valence-corrected chi connectivity index (χ3v) is 3.29. The van der Waals surface area contributed by atoms with Crippen LogP contribution in [0.4, 0.5) is 0 Å². The van der Waals surface area contributed by atoms with Crippen molar-refractivity contribution in [1.29, 1.82) is 0 Å². The molecule has 0 aromatic heterocycles. The summed E-state index contributed by atoms with van der Waals surface area (Å²) in [5.74, 6) is 2.09. The van der Waals surface area contributed by atoms with Crippen LogP contribution in [0.1, 0.15) is 65.2 Å². The Bertz CT molecular complexity index is 245. The van der Waals surface area contributed by atoms with Gasteiger partial charge in [0.05, 0.1) is 0 Å². The van der Waals surface area contributed by atoms with Gasteiger partial charge >= 0.3 is 45.2 Å². The van der Waals surface area contributed by atoms with Gasteiger partial charge in [-0.15, -0.1) is 0 Å². The van der Waals surface area contributed by atoms with Crippen molar-refractivity contribution < 1.29 is 52.7 Å². The summed E-state index contributed by atoms with van der Waals surface area (Å²) in [4.78, 5) is 1.50. The molecule has 0 aromatic rings. The van der Waals surface area contributed by atoms with Crippen LogP contribution in [-0.2, 0) is 52.7 Å². The fraction of sp³-hybridized carbons (Fsp3) is 0.778. The molecule has 0 bridgehead atoms. The average Bonchev–Trinajstić information content (AvgIpc) is 3.29. The van der Waals surface area contributed by atoms with Crippen LogP contribution in [0.2, 0.25) is 0 Å². The maximum Gasteiger partial charge on any atom is 0 e. The molecule has 4 radical (unpaired) electrons. The zero-order valence-corrected chi connectivity index (χ0v) is 18.6. The fourth-order valence-corrected chi connectivity index (χ4v) is 2.26. The third kappa shape index (κ3) is 64.8. The minimum Gasteiger partial charge on any atom is 0 e. The molecule has 2 saturated carbocycles. The molecule has 2 aliphatic carbocycles. The van der Waals surface area contributed by atoms with Crippen molar-refractivity contribution in [3.05, 3.63) is 26.6 Å². The minimum atomic E-state index is 0. The Hall–Kier alpha value is 0.0239. The van der Waals surface area contributed by atoms with Gasteiger partial charge in [-0.05, 0) is 25.9 Å². The molecule has 0 amide bonds. The van der Waals surface area contributed by atoms with E-state index in [0.717, 1.165) is 11.8 Å². The maximum absolute atomic E-state index is 7.50. The predicted octanol–water partition coefficient (Wildman–Crippen LogP) is 3.87. The number of hydrogen-bond donors (Lipinski definition) is 0. The van der Waals surface area contributed by atoms with Crippen molar-refractivity contribution in [3.8, 4) is 0 Å². The second-order valence-electron chi connectivity index (χ2n) is 5.74. The van der Waals surface area contributed by atoms with Gasteiger partial charge in [0.1, 0.15) is 0 Å². The maximum atomic E-state index is 7.50. The van der Waals surface area contributed by atoms with Crippen LogP contribution in [0.3, 0.4) is 0 Å². The topological polar surface area (TPSA) is 82.8 Å². The molecule has 148 valence electrons. The van der Waals surface area contributed by atoms with Crippen molar-refractivity contribution in [2.45, 2.75) is 65.2 Å². The monoisotopic (exact) mass is 445 g/mol. The van der Waals surface area contributed by atoms with Crippen LogP contribution in [0.25, 0.3) is 0 Å². The van der Waals surface area contributed by atoms with Crippen LogP contribution < -0.4 is 0 Å². The summed E-state index contributed by atoms with van der Waals surface area (Å²) in [5.41, 5.74) is 0. The van der Waals surface area contributed by atoms with Crippen molar-refractivity contribution in [2.75, 3.05) is 14.1 Å². The Morgan fingerprint density at radius 3 is 0.769 bits per heavy atom. The van der Waals surface area contributed by atoms with Gasteiger partial charge in [-0.2, -0.15) is 0 Å². The summed E-state index contributed by atoms with van der Waals surface area (Å²) in [5, 5.41) is 0. The van der Waals surface area contributed by atoms with Gasteiger partial charge in [0.2, 0.25) is 0 Å². The summed E-state index contributed by atoms with van der Waals surface area (Å²) in [6.45, 7) is 22.7. The van der Waals surface area contributed by atoms with E-state index in [1.54, 1.807) is 14.1 Å². The first-order chi connectivity index (χ1) is 11.5. The predicted molar refractivity (Wildman–Crippen MR) is 90.4 cm³/mol. The van der Waals surface area contributed by atoms with E-state index in [9.17, 15) is 0 Å². The van der Waals surface area contributed by atoms with Crippen molar-refractivity contribution in [1.82, 2.24) is 4.81 Å². The summed E-state index contributed by atoms with van der Waals surface area (Å²) in [6.07, 6.45) is 11.9. The molecule has 0 unspecified atom stereocenters. The quantitative estimate of drug-likeness (QED) is 0.317. The Balaban J connectivity index is -0.0000000343. The Morgan fingerprint density at radius 1 is 0.615 bits per heavy atom. The summed E-state index contributed by atoms with van der Waals surface area (Å²) < 4.78 is 30.0. The molecule has 0 aliphatic heterocycles. The van der Waals surface area contributed by atoms with E-state index in [-0.39, 0.29) is 34.1 Å². The van der Waals surface area contributed by atoms with Crippen LogP contribution in [0.15, 0.2) is 0 Å². The third-order valence-electron chi connectivity index (χ3n) is 3.29. The molecule has 0 heterocycles. The molecule has 0 spiro atoms. The molecule has 5 nitrogen and oxygen atoms in total. The molecular formula is C18H30BMn2NO4. The van der Waals surface area contributed by atoms with E-state index in [1.807, 2.05) is 0 Å². The molecule has 0 saturated heterocycles. The largest absolute Gasteiger partial charge is 0 e. The fourth-order valence-electron chi connectivity index (χ4n) is 2.26. The molecule has 8 heteroatoms. The molecule has 26 heavy (non-hydrogen) atoms. The van der Waals surface area contributed by atoms with Crippen molar-refractivity contribution in [3.63, 3.8) is 0 Å². The Morgan fingerprint density at radius 2 is 0.731 bits per heavy atom. The van der Waals surface area contributed by atoms with Gasteiger partial charge in [0.15, 0.2) is 7.98 Å². The van der Waals surface area contributed by atoms with Gasteiger partial charge in [-0.25, -0.2) is 0 Å². The first-order valence-corrected chi connectivity index (χ1v) is 7.76. The van der Waals surface area contributed by atoms with Crippen molar-refractivity contribution >= 4 is 7.98 Å². The van der Waals surface area contributed by atoms with Crippen LogP contribution in [0.5, 0.6) is 0 Å². The summed E-state index contributed by atoms with van der Waals surface area (Å²) >= 11 is 0. The van der Waals surface area contributed by atoms with E-state index >= 15 is 0 Å². The summed E-state index contributed by atoms with van der Waals surface area (Å²) in [6, 6.07) is 0. The second kappa shape index (κ2) is 49.8.